The summed E-state index contributed by atoms with van der Waals surface area (Å²) in [5.41, 5.74) is 0. The Bertz CT molecular complexity index is 471. The molecule has 1 saturated carbocycles. The van der Waals surface area contributed by atoms with Gasteiger partial charge in [0.25, 0.3) is 0 Å². The van der Waals surface area contributed by atoms with Gasteiger partial charge in [-0.05, 0) is 37.9 Å². The molecule has 1 aliphatic heterocycles. The molecule has 19 heavy (non-hydrogen) atoms. The van der Waals surface area contributed by atoms with Crippen LogP contribution in [0.15, 0.2) is 0 Å². The molecule has 1 N–H and O–H groups in total. The Hall–Kier alpha value is -0.880. The number of rotatable bonds is 4. The minimum atomic E-state index is 0.340. The van der Waals surface area contributed by atoms with Crippen molar-refractivity contribution in [1.29, 1.82) is 0 Å². The number of likely N-dealkylation sites (N-methyl/N-ethyl adjacent to an activating group) is 1. The third-order valence-corrected chi connectivity index (χ3v) is 4.51. The molecule has 1 saturated heterocycles. The number of hydrogen-bond donors (Lipinski definition) is 1. The largest absolute Gasteiger partial charge is 0.376 e. The zero-order chi connectivity index (χ0) is 13.2. The van der Waals surface area contributed by atoms with Crippen LogP contribution in [0.2, 0.25) is 0 Å². The summed E-state index contributed by atoms with van der Waals surface area (Å²) >= 11 is 5.40. The number of H-pyrrole nitrogens is 1. The van der Waals surface area contributed by atoms with Crippen LogP contribution in [0.5, 0.6) is 0 Å². The summed E-state index contributed by atoms with van der Waals surface area (Å²) in [4.78, 5) is 2.18. The molecular weight excluding hydrogens is 260 g/mol. The van der Waals surface area contributed by atoms with Gasteiger partial charge < -0.3 is 9.64 Å². The Balaban J connectivity index is 1.77. The standard InChI is InChI=1S/C13H22N4OS/c1-16(9-11-7-4-8-18-11)12-14-15-13(19)17(12)10-5-2-3-6-10/h10-11H,2-9H2,1H3,(H,15,19). The average molecular weight is 282 g/mol. The van der Waals surface area contributed by atoms with Gasteiger partial charge in [-0.2, -0.15) is 0 Å². The van der Waals surface area contributed by atoms with Crippen molar-refractivity contribution >= 4 is 18.2 Å². The van der Waals surface area contributed by atoms with Gasteiger partial charge in [-0.3, -0.25) is 4.57 Å². The molecule has 2 fully saturated rings. The van der Waals surface area contributed by atoms with Crippen molar-refractivity contribution in [3.8, 4) is 0 Å². The van der Waals surface area contributed by atoms with E-state index in [1.165, 1.54) is 32.1 Å². The lowest BCUT2D eigenvalue weighted by molar-refractivity contribution is 0.116. The lowest BCUT2D eigenvalue weighted by Gasteiger charge is -2.24. The molecule has 0 bridgehead atoms. The third kappa shape index (κ3) is 2.69. The Labute approximate surface area is 118 Å². The summed E-state index contributed by atoms with van der Waals surface area (Å²) in [5, 5.41) is 7.37. The maximum absolute atomic E-state index is 5.70. The monoisotopic (exact) mass is 282 g/mol. The molecule has 6 heteroatoms. The summed E-state index contributed by atoms with van der Waals surface area (Å²) in [5.74, 6) is 0.965. The van der Waals surface area contributed by atoms with Gasteiger partial charge >= 0.3 is 0 Å². The van der Waals surface area contributed by atoms with E-state index >= 15 is 0 Å². The Kier molecular flexibility index (Phi) is 3.88. The molecule has 1 aromatic rings. The quantitative estimate of drug-likeness (QED) is 0.863. The van der Waals surface area contributed by atoms with Crippen molar-refractivity contribution in [2.75, 3.05) is 25.1 Å². The summed E-state index contributed by atoms with van der Waals surface area (Å²) in [6.45, 7) is 1.79. The second-order valence-corrected chi connectivity index (χ2v) is 6.04. The highest BCUT2D eigenvalue weighted by atomic mass is 32.1. The summed E-state index contributed by atoms with van der Waals surface area (Å²) in [6.07, 6.45) is 7.70. The minimum absolute atomic E-state index is 0.340. The van der Waals surface area contributed by atoms with Crippen LogP contribution in [0, 0.1) is 4.77 Å². The molecule has 0 spiro atoms. The molecular formula is C13H22N4OS. The SMILES string of the molecule is CN(CC1CCCO1)c1n[nH]c(=S)n1C1CCCC1. The van der Waals surface area contributed by atoms with Crippen molar-refractivity contribution in [2.24, 2.45) is 0 Å². The Morgan fingerprint density at radius 2 is 2.16 bits per heavy atom. The number of ether oxygens (including phenoxy) is 1. The normalized spacial score (nSPS) is 24.2. The smallest absolute Gasteiger partial charge is 0.225 e. The van der Waals surface area contributed by atoms with E-state index in [-0.39, 0.29) is 0 Å². The van der Waals surface area contributed by atoms with E-state index in [1.807, 2.05) is 0 Å². The predicted molar refractivity (Wildman–Crippen MR) is 77.2 cm³/mol. The second-order valence-electron chi connectivity index (χ2n) is 5.65. The van der Waals surface area contributed by atoms with Crippen molar-refractivity contribution in [3.05, 3.63) is 4.77 Å². The van der Waals surface area contributed by atoms with Gasteiger partial charge in [-0.25, -0.2) is 5.10 Å². The molecule has 1 aromatic heterocycles. The fraction of sp³-hybridized carbons (Fsp3) is 0.846. The number of nitrogens with zero attached hydrogens (tertiary/aromatic N) is 3. The molecule has 1 atom stereocenters. The van der Waals surface area contributed by atoms with E-state index in [0.717, 1.165) is 30.3 Å². The minimum Gasteiger partial charge on any atom is -0.376 e. The molecule has 3 rings (SSSR count). The van der Waals surface area contributed by atoms with E-state index in [9.17, 15) is 0 Å². The van der Waals surface area contributed by atoms with E-state index in [0.29, 0.717) is 12.1 Å². The first-order valence-electron chi connectivity index (χ1n) is 7.25. The zero-order valence-corrected chi connectivity index (χ0v) is 12.3. The molecule has 1 unspecified atom stereocenters. The fourth-order valence-corrected chi connectivity index (χ4v) is 3.51. The van der Waals surface area contributed by atoms with Crippen molar-refractivity contribution in [3.63, 3.8) is 0 Å². The van der Waals surface area contributed by atoms with Crippen LogP contribution >= 0.6 is 12.2 Å². The van der Waals surface area contributed by atoms with Gasteiger partial charge in [0.1, 0.15) is 0 Å². The first-order valence-corrected chi connectivity index (χ1v) is 7.66. The summed E-state index contributed by atoms with van der Waals surface area (Å²) in [7, 11) is 2.08. The van der Waals surface area contributed by atoms with Gasteiger partial charge in [0.2, 0.25) is 5.95 Å². The lowest BCUT2D eigenvalue weighted by Crippen LogP contribution is -2.31. The number of aromatic amines is 1. The molecule has 2 heterocycles. The van der Waals surface area contributed by atoms with Crippen LogP contribution in [-0.2, 0) is 4.74 Å². The molecule has 5 nitrogen and oxygen atoms in total. The van der Waals surface area contributed by atoms with Crippen LogP contribution in [0.25, 0.3) is 0 Å². The fourth-order valence-electron chi connectivity index (χ4n) is 3.23. The number of aromatic nitrogens is 3. The molecule has 106 valence electrons. The van der Waals surface area contributed by atoms with Crippen LogP contribution in [-0.4, -0.2) is 41.1 Å². The predicted octanol–water partition coefficient (Wildman–Crippen LogP) is 2.67. The average Bonchev–Trinajstić information content (AvgIpc) is 3.08. The highest BCUT2D eigenvalue weighted by Gasteiger charge is 2.25. The molecule has 0 amide bonds. The first-order chi connectivity index (χ1) is 9.25. The van der Waals surface area contributed by atoms with E-state index in [2.05, 4.69) is 26.7 Å². The van der Waals surface area contributed by atoms with Crippen LogP contribution in [0.4, 0.5) is 5.95 Å². The number of nitrogens with one attached hydrogen (secondary N) is 1. The molecule has 0 radical (unpaired) electrons. The highest BCUT2D eigenvalue weighted by molar-refractivity contribution is 7.71. The van der Waals surface area contributed by atoms with Crippen molar-refractivity contribution in [2.45, 2.75) is 50.7 Å². The summed E-state index contributed by atoms with van der Waals surface area (Å²) in [6, 6.07) is 0.521. The topological polar surface area (TPSA) is 46.1 Å². The van der Waals surface area contributed by atoms with E-state index in [1.54, 1.807) is 0 Å². The maximum atomic E-state index is 5.70. The second kappa shape index (κ2) is 5.63. The zero-order valence-electron chi connectivity index (χ0n) is 11.5. The van der Waals surface area contributed by atoms with Crippen molar-refractivity contribution < 1.29 is 4.74 Å². The molecule has 2 aliphatic rings. The molecule has 0 aromatic carbocycles. The van der Waals surface area contributed by atoms with Gasteiger partial charge in [-0.15, -0.1) is 5.10 Å². The van der Waals surface area contributed by atoms with E-state index in [4.69, 9.17) is 17.0 Å². The summed E-state index contributed by atoms with van der Waals surface area (Å²) < 4.78 is 8.66. The molecule has 1 aliphatic carbocycles. The highest BCUT2D eigenvalue weighted by Crippen LogP contribution is 2.32. The maximum Gasteiger partial charge on any atom is 0.225 e. The van der Waals surface area contributed by atoms with E-state index < -0.39 is 0 Å². The van der Waals surface area contributed by atoms with Crippen molar-refractivity contribution in [1.82, 2.24) is 14.8 Å². The van der Waals surface area contributed by atoms with Crippen LogP contribution in [0.1, 0.15) is 44.6 Å². The van der Waals surface area contributed by atoms with Gasteiger partial charge in [0.05, 0.1) is 6.10 Å². The van der Waals surface area contributed by atoms with Crippen LogP contribution in [0.3, 0.4) is 0 Å². The lowest BCUT2D eigenvalue weighted by atomic mass is 10.2. The van der Waals surface area contributed by atoms with Crippen LogP contribution < -0.4 is 4.90 Å². The van der Waals surface area contributed by atoms with Gasteiger partial charge in [0.15, 0.2) is 4.77 Å². The Morgan fingerprint density at radius 1 is 1.37 bits per heavy atom. The van der Waals surface area contributed by atoms with Gasteiger partial charge in [-0.1, -0.05) is 12.8 Å². The number of anilines is 1. The first kappa shape index (κ1) is 13.1. The Morgan fingerprint density at radius 3 is 2.84 bits per heavy atom. The van der Waals surface area contributed by atoms with Gasteiger partial charge in [0, 0.05) is 26.2 Å². The third-order valence-electron chi connectivity index (χ3n) is 4.22. The number of hydrogen-bond acceptors (Lipinski definition) is 4.